The fourth-order valence-corrected chi connectivity index (χ4v) is 3.79. The van der Waals surface area contributed by atoms with Gasteiger partial charge in [0.15, 0.2) is 5.06 Å². The van der Waals surface area contributed by atoms with E-state index in [1.54, 1.807) is 0 Å². The lowest BCUT2D eigenvalue weighted by Crippen LogP contribution is -2.28. The summed E-state index contributed by atoms with van der Waals surface area (Å²) in [5, 5.41) is 0.864. The van der Waals surface area contributed by atoms with Crippen LogP contribution in [0.3, 0.4) is 0 Å². The molecule has 140 valence electrons. The molecule has 3 rings (SSSR count). The quantitative estimate of drug-likeness (QED) is 0.440. The molecule has 0 saturated carbocycles. The fraction of sp³-hybridized carbons (Fsp3) is 0.524. The highest BCUT2D eigenvalue weighted by Crippen LogP contribution is 2.33. The molecule has 2 heterocycles. The molecule has 0 atom stereocenters. The van der Waals surface area contributed by atoms with Gasteiger partial charge in [-0.15, -0.1) is 0 Å². The minimum absolute atomic E-state index is 0.864. The Morgan fingerprint density at radius 3 is 2.73 bits per heavy atom. The molecule has 26 heavy (non-hydrogen) atoms. The molecule has 4 nitrogen and oxygen atoms in total. The second-order valence-electron chi connectivity index (χ2n) is 7.09. The average molecular weight is 372 g/mol. The monoisotopic (exact) mass is 371 g/mol. The van der Waals surface area contributed by atoms with E-state index in [9.17, 15) is 0 Å². The third-order valence-corrected chi connectivity index (χ3v) is 5.49. The van der Waals surface area contributed by atoms with E-state index in [1.807, 2.05) is 6.34 Å². The van der Waals surface area contributed by atoms with Crippen LogP contribution in [0, 0.1) is 13.8 Å². The molecule has 2 aromatic rings. The number of benzene rings is 1. The maximum absolute atomic E-state index is 6.09. The topological polar surface area (TPSA) is 37.7 Å². The zero-order valence-electron chi connectivity index (χ0n) is 16.1. The molecule has 0 amide bonds. The number of aliphatic imine (C=N–C) groups is 1. The summed E-state index contributed by atoms with van der Waals surface area (Å²) in [6.45, 7) is 8.61. The molecule has 5 heteroatoms. The van der Waals surface area contributed by atoms with Crippen molar-refractivity contribution in [2.45, 2.75) is 59.3 Å². The molecule has 1 aromatic heterocycles. The van der Waals surface area contributed by atoms with Gasteiger partial charge < -0.3 is 9.64 Å². The van der Waals surface area contributed by atoms with Crippen LogP contribution in [0.15, 0.2) is 23.2 Å². The van der Waals surface area contributed by atoms with Crippen LogP contribution in [-0.4, -0.2) is 28.7 Å². The van der Waals surface area contributed by atoms with E-state index >= 15 is 0 Å². The van der Waals surface area contributed by atoms with Crippen molar-refractivity contribution in [1.82, 2.24) is 9.27 Å². The minimum atomic E-state index is 0.864. The van der Waals surface area contributed by atoms with Gasteiger partial charge in [0.05, 0.1) is 17.7 Å². The first kappa shape index (κ1) is 18.9. The van der Waals surface area contributed by atoms with Crippen molar-refractivity contribution < 1.29 is 4.74 Å². The lowest BCUT2D eigenvalue weighted by atomic mass is 10.1. The molecule has 1 aliphatic rings. The summed E-state index contributed by atoms with van der Waals surface area (Å²) in [6, 6.07) is 6.27. The fourth-order valence-electron chi connectivity index (χ4n) is 3.13. The summed E-state index contributed by atoms with van der Waals surface area (Å²) in [5.74, 6) is 0.894. The summed E-state index contributed by atoms with van der Waals surface area (Å²) in [4.78, 5) is 7.03. The van der Waals surface area contributed by atoms with Crippen LogP contribution in [0.5, 0.6) is 10.8 Å². The average Bonchev–Trinajstić information content (AvgIpc) is 3.10. The zero-order valence-corrected chi connectivity index (χ0v) is 16.9. The van der Waals surface area contributed by atoms with Crippen LogP contribution >= 0.6 is 11.5 Å². The number of aromatic nitrogens is 1. The van der Waals surface area contributed by atoms with Gasteiger partial charge in [0.25, 0.3) is 0 Å². The Balaban J connectivity index is 1.68. The summed E-state index contributed by atoms with van der Waals surface area (Å²) < 4.78 is 10.6. The third kappa shape index (κ3) is 5.07. The van der Waals surface area contributed by atoms with Crippen LogP contribution in [0.25, 0.3) is 0 Å². The Kier molecular flexibility index (Phi) is 6.67. The molecular formula is C21H29N3OS. The van der Waals surface area contributed by atoms with Crippen LogP contribution in [-0.2, 0) is 6.42 Å². The maximum Gasteiger partial charge on any atom is 0.200 e. The highest BCUT2D eigenvalue weighted by molar-refractivity contribution is 7.07. The van der Waals surface area contributed by atoms with E-state index in [2.05, 4.69) is 48.2 Å². The Morgan fingerprint density at radius 2 is 1.96 bits per heavy atom. The molecule has 0 radical (unpaired) electrons. The lowest BCUT2D eigenvalue weighted by molar-refractivity contribution is 0.351. The van der Waals surface area contributed by atoms with Crippen molar-refractivity contribution in [2.24, 2.45) is 4.99 Å². The molecule has 0 aliphatic carbocycles. The molecule has 0 N–H and O–H groups in total. The summed E-state index contributed by atoms with van der Waals surface area (Å²) in [5.41, 5.74) is 4.39. The number of unbranched alkanes of at least 4 members (excludes halogenated alkanes) is 1. The van der Waals surface area contributed by atoms with Crippen molar-refractivity contribution in [3.8, 4) is 10.8 Å². The number of piperidine rings is 1. The van der Waals surface area contributed by atoms with Crippen molar-refractivity contribution in [3.05, 3.63) is 35.0 Å². The smallest absolute Gasteiger partial charge is 0.200 e. The van der Waals surface area contributed by atoms with Gasteiger partial charge in [-0.2, -0.15) is 4.37 Å². The van der Waals surface area contributed by atoms with Gasteiger partial charge in [-0.05, 0) is 69.2 Å². The maximum atomic E-state index is 6.09. The van der Waals surface area contributed by atoms with E-state index in [-0.39, 0.29) is 0 Å². The number of nitrogens with zero attached hydrogens (tertiary/aromatic N) is 3. The lowest BCUT2D eigenvalue weighted by Gasteiger charge is -2.23. The van der Waals surface area contributed by atoms with Crippen LogP contribution in [0.1, 0.15) is 55.8 Å². The summed E-state index contributed by atoms with van der Waals surface area (Å²) in [6.07, 6.45) is 9.27. The van der Waals surface area contributed by atoms with Crippen molar-refractivity contribution in [2.75, 3.05) is 13.1 Å². The molecular weight excluding hydrogens is 342 g/mol. The van der Waals surface area contributed by atoms with E-state index < -0.39 is 0 Å². The Morgan fingerprint density at radius 1 is 1.15 bits per heavy atom. The number of aryl methyl sites for hydroxylation is 3. The molecule has 0 bridgehead atoms. The summed E-state index contributed by atoms with van der Waals surface area (Å²) >= 11 is 1.43. The van der Waals surface area contributed by atoms with Gasteiger partial charge in [-0.3, -0.25) is 0 Å². The van der Waals surface area contributed by atoms with Gasteiger partial charge >= 0.3 is 0 Å². The first-order valence-electron chi connectivity index (χ1n) is 9.68. The molecule has 1 saturated heterocycles. The number of ether oxygens (including phenoxy) is 1. The third-order valence-electron chi connectivity index (χ3n) is 4.78. The van der Waals surface area contributed by atoms with Crippen LogP contribution in [0.2, 0.25) is 0 Å². The van der Waals surface area contributed by atoms with Gasteiger partial charge in [0.2, 0.25) is 0 Å². The number of hydrogen-bond donors (Lipinski definition) is 0. The largest absolute Gasteiger partial charge is 0.445 e. The van der Waals surface area contributed by atoms with Crippen LogP contribution in [0.4, 0.5) is 5.69 Å². The second-order valence-corrected chi connectivity index (χ2v) is 7.86. The van der Waals surface area contributed by atoms with Gasteiger partial charge in [-0.25, -0.2) is 4.99 Å². The standard InChI is InChI=1S/C21H29N3OS/c1-4-5-9-18-14-21(26-23-18)25-20-13-16(2)19(12-17(20)3)22-15-24-10-7-6-8-11-24/h12-15H,4-11H2,1-3H3. The summed E-state index contributed by atoms with van der Waals surface area (Å²) in [7, 11) is 0. The SMILES string of the molecule is CCCCc1cc(Oc2cc(C)c(N=CN3CCCCC3)cc2C)sn1. The highest BCUT2D eigenvalue weighted by atomic mass is 32.1. The first-order chi connectivity index (χ1) is 12.7. The normalized spacial score (nSPS) is 15.0. The van der Waals surface area contributed by atoms with E-state index in [4.69, 9.17) is 9.73 Å². The van der Waals surface area contributed by atoms with Crippen molar-refractivity contribution in [3.63, 3.8) is 0 Å². The van der Waals surface area contributed by atoms with E-state index in [0.29, 0.717) is 0 Å². The zero-order chi connectivity index (χ0) is 18.4. The van der Waals surface area contributed by atoms with E-state index in [0.717, 1.165) is 52.8 Å². The van der Waals surface area contributed by atoms with Crippen molar-refractivity contribution >= 4 is 23.6 Å². The second kappa shape index (κ2) is 9.17. The predicted octanol–water partition coefficient (Wildman–Crippen LogP) is 6.04. The van der Waals surface area contributed by atoms with Gasteiger partial charge in [0.1, 0.15) is 5.75 Å². The highest BCUT2D eigenvalue weighted by Gasteiger charge is 2.10. The Labute approximate surface area is 161 Å². The molecule has 1 aromatic carbocycles. The van der Waals surface area contributed by atoms with Gasteiger partial charge in [0, 0.05) is 30.7 Å². The first-order valence-corrected chi connectivity index (χ1v) is 10.5. The minimum Gasteiger partial charge on any atom is -0.445 e. The molecule has 1 fully saturated rings. The van der Waals surface area contributed by atoms with Crippen molar-refractivity contribution in [1.29, 1.82) is 0 Å². The number of likely N-dealkylation sites (tertiary alicyclic amines) is 1. The number of rotatable bonds is 7. The van der Waals surface area contributed by atoms with Crippen LogP contribution < -0.4 is 4.74 Å². The Hall–Kier alpha value is -1.88. The molecule has 0 unspecified atom stereocenters. The number of hydrogen-bond acceptors (Lipinski definition) is 4. The molecule has 1 aliphatic heterocycles. The molecule has 0 spiro atoms. The van der Waals surface area contributed by atoms with E-state index in [1.165, 1.54) is 43.6 Å². The predicted molar refractivity (Wildman–Crippen MR) is 110 cm³/mol. The Bertz CT molecular complexity index is 748. The van der Waals surface area contributed by atoms with Gasteiger partial charge in [-0.1, -0.05) is 13.3 Å².